The highest BCUT2D eigenvalue weighted by Gasteiger charge is 2.30. The summed E-state index contributed by atoms with van der Waals surface area (Å²) < 4.78 is 60.5. The van der Waals surface area contributed by atoms with Crippen LogP contribution in [0.1, 0.15) is 15.9 Å². The minimum atomic E-state index is -1.87. The molecule has 32 heavy (non-hydrogen) atoms. The number of benzene rings is 3. The predicted octanol–water partition coefficient (Wildman–Crippen LogP) is 5.20. The number of rotatable bonds is 4. The fourth-order valence-corrected chi connectivity index (χ4v) is 3.17. The van der Waals surface area contributed by atoms with Gasteiger partial charge in [0.25, 0.3) is 5.91 Å². The van der Waals surface area contributed by atoms with E-state index in [-0.39, 0.29) is 5.69 Å². The lowest BCUT2D eigenvalue weighted by atomic mass is 10.1. The maximum absolute atomic E-state index is 14.2. The number of anilines is 1. The normalized spacial score (nSPS) is 11.1. The van der Waals surface area contributed by atoms with Crippen LogP contribution >= 0.6 is 11.6 Å². The van der Waals surface area contributed by atoms with Crippen molar-refractivity contribution in [1.82, 2.24) is 15.0 Å². The molecular weight excluding hydrogens is 452 g/mol. The molecule has 6 nitrogen and oxygen atoms in total. The van der Waals surface area contributed by atoms with Crippen molar-refractivity contribution in [2.45, 2.75) is 6.92 Å². The second-order valence-corrected chi connectivity index (χ2v) is 7.15. The van der Waals surface area contributed by atoms with Gasteiger partial charge in [-0.05, 0) is 42.8 Å². The van der Waals surface area contributed by atoms with E-state index in [4.69, 9.17) is 11.6 Å². The Morgan fingerprint density at radius 1 is 0.969 bits per heavy atom. The summed E-state index contributed by atoms with van der Waals surface area (Å²) in [5, 5.41) is 11.3. The molecular formula is C21H13ClF4N4O2. The number of nitrogens with one attached hydrogen (secondary N) is 1. The largest absolute Gasteiger partial charge is 0.491 e. The van der Waals surface area contributed by atoms with Gasteiger partial charge in [0.15, 0.2) is 17.4 Å². The zero-order valence-corrected chi connectivity index (χ0v) is 17.3. The van der Waals surface area contributed by atoms with Crippen molar-refractivity contribution in [2.24, 2.45) is 0 Å². The fraction of sp³-hybridized carbons (Fsp3) is 0.0952. The molecule has 0 fully saturated rings. The summed E-state index contributed by atoms with van der Waals surface area (Å²) in [6.07, 6.45) is 0. The van der Waals surface area contributed by atoms with Gasteiger partial charge in [-0.3, -0.25) is 4.79 Å². The van der Waals surface area contributed by atoms with E-state index >= 15 is 0 Å². The number of fused-ring (bicyclic) bond motifs is 1. The first-order valence-corrected chi connectivity index (χ1v) is 9.44. The van der Waals surface area contributed by atoms with Gasteiger partial charge in [0.1, 0.15) is 16.6 Å². The molecule has 0 radical (unpaired) electrons. The molecule has 0 aliphatic rings. The molecule has 0 aliphatic heterocycles. The summed E-state index contributed by atoms with van der Waals surface area (Å²) in [7, 11) is 0.840. The summed E-state index contributed by atoms with van der Waals surface area (Å²) in [5.41, 5.74) is 0.926. The molecule has 3 aromatic carbocycles. The molecule has 0 unspecified atom stereocenters. The summed E-state index contributed by atoms with van der Waals surface area (Å²) in [5.74, 6) is -10.0. The molecule has 4 aromatic rings. The van der Waals surface area contributed by atoms with Crippen LogP contribution in [0.5, 0.6) is 5.75 Å². The van der Waals surface area contributed by atoms with E-state index in [1.54, 1.807) is 18.2 Å². The Hall–Kier alpha value is -3.66. The van der Waals surface area contributed by atoms with E-state index in [1.165, 1.54) is 23.0 Å². The monoisotopic (exact) mass is 464 g/mol. The van der Waals surface area contributed by atoms with Gasteiger partial charge in [-0.25, -0.2) is 8.78 Å². The van der Waals surface area contributed by atoms with Crippen molar-refractivity contribution >= 4 is 34.2 Å². The SMILES string of the molecule is COc1c(F)c(F)c(C(=O)Nc2ccc3nn(-c4ccc(C)c(Cl)c4)nc3c2)c(F)c1F. The van der Waals surface area contributed by atoms with Crippen LogP contribution < -0.4 is 10.1 Å². The third-order valence-corrected chi connectivity index (χ3v) is 5.09. The topological polar surface area (TPSA) is 69.0 Å². The number of nitrogens with zero attached hydrogens (tertiary/aromatic N) is 3. The Bertz CT molecular complexity index is 1360. The number of aryl methyl sites for hydroxylation is 1. The molecule has 1 aromatic heterocycles. The van der Waals surface area contributed by atoms with Gasteiger partial charge < -0.3 is 10.1 Å². The van der Waals surface area contributed by atoms with Gasteiger partial charge in [-0.15, -0.1) is 10.2 Å². The maximum Gasteiger partial charge on any atom is 0.261 e. The van der Waals surface area contributed by atoms with Crippen LogP contribution in [0, 0.1) is 30.2 Å². The molecule has 0 bridgehead atoms. The zero-order valence-electron chi connectivity index (χ0n) is 16.5. The van der Waals surface area contributed by atoms with Crippen LogP contribution in [0.25, 0.3) is 16.7 Å². The van der Waals surface area contributed by atoms with Gasteiger partial charge in [-0.1, -0.05) is 17.7 Å². The number of aromatic nitrogens is 3. The molecule has 1 amide bonds. The Balaban J connectivity index is 1.67. The van der Waals surface area contributed by atoms with Crippen LogP contribution in [-0.4, -0.2) is 28.0 Å². The number of halogens is 5. The highest BCUT2D eigenvalue weighted by atomic mass is 35.5. The number of carbonyl (C=O) groups is 1. The Morgan fingerprint density at radius 2 is 1.62 bits per heavy atom. The lowest BCUT2D eigenvalue weighted by molar-refractivity contribution is 0.101. The maximum atomic E-state index is 14.2. The van der Waals surface area contributed by atoms with E-state index < -0.39 is 40.5 Å². The van der Waals surface area contributed by atoms with Crippen LogP contribution in [0.2, 0.25) is 5.02 Å². The van der Waals surface area contributed by atoms with Crippen LogP contribution in [0.3, 0.4) is 0 Å². The smallest absolute Gasteiger partial charge is 0.261 e. The Kier molecular flexibility index (Phi) is 5.47. The van der Waals surface area contributed by atoms with Gasteiger partial charge >= 0.3 is 0 Å². The van der Waals surface area contributed by atoms with E-state index in [9.17, 15) is 22.4 Å². The number of carbonyl (C=O) groups excluding carboxylic acids is 1. The molecule has 0 saturated carbocycles. The average Bonchev–Trinajstić information content (AvgIpc) is 3.18. The fourth-order valence-electron chi connectivity index (χ4n) is 3.00. The van der Waals surface area contributed by atoms with Crippen molar-refractivity contribution in [3.8, 4) is 11.4 Å². The first-order valence-electron chi connectivity index (χ1n) is 9.06. The number of ether oxygens (including phenoxy) is 1. The van der Waals surface area contributed by atoms with Crippen LogP contribution in [0.15, 0.2) is 36.4 Å². The summed E-state index contributed by atoms with van der Waals surface area (Å²) in [6, 6.07) is 9.53. The lowest BCUT2D eigenvalue weighted by Gasteiger charge is -2.11. The third-order valence-electron chi connectivity index (χ3n) is 4.68. The van der Waals surface area contributed by atoms with E-state index in [0.29, 0.717) is 21.7 Å². The van der Waals surface area contributed by atoms with Crippen molar-refractivity contribution in [3.05, 3.63) is 75.8 Å². The second kappa shape index (κ2) is 8.12. The highest BCUT2D eigenvalue weighted by molar-refractivity contribution is 6.31. The quantitative estimate of drug-likeness (QED) is 0.333. The number of hydrogen-bond acceptors (Lipinski definition) is 4. The molecule has 0 saturated heterocycles. The standard InChI is InChI=1S/C21H13ClF4N4O2/c1-9-3-5-11(8-12(9)22)30-28-13-6-4-10(7-14(13)29-30)27-21(31)15-16(23)18(25)20(32-2)19(26)17(15)24/h3-8H,1-2H3,(H,27,31). The average molecular weight is 465 g/mol. The molecule has 0 aliphatic carbocycles. The first kappa shape index (κ1) is 21.6. The minimum absolute atomic E-state index is 0.0759. The minimum Gasteiger partial charge on any atom is -0.491 e. The third kappa shape index (κ3) is 3.62. The molecule has 4 rings (SSSR count). The van der Waals surface area contributed by atoms with Gasteiger partial charge in [-0.2, -0.15) is 13.6 Å². The van der Waals surface area contributed by atoms with Gasteiger partial charge in [0, 0.05) is 10.7 Å². The number of hydrogen-bond donors (Lipinski definition) is 1. The Labute approximate surface area is 183 Å². The summed E-state index contributed by atoms with van der Waals surface area (Å²) in [6.45, 7) is 1.85. The Morgan fingerprint density at radius 3 is 2.25 bits per heavy atom. The van der Waals surface area contributed by atoms with E-state index in [1.807, 2.05) is 6.92 Å². The molecule has 0 spiro atoms. The summed E-state index contributed by atoms with van der Waals surface area (Å²) >= 11 is 6.13. The molecule has 0 atom stereocenters. The first-order chi connectivity index (χ1) is 15.2. The van der Waals surface area contributed by atoms with Crippen molar-refractivity contribution in [1.29, 1.82) is 0 Å². The predicted molar refractivity (Wildman–Crippen MR) is 109 cm³/mol. The highest BCUT2D eigenvalue weighted by Crippen LogP contribution is 2.30. The second-order valence-electron chi connectivity index (χ2n) is 6.74. The van der Waals surface area contributed by atoms with Crippen molar-refractivity contribution in [2.75, 3.05) is 12.4 Å². The number of amides is 1. The number of methoxy groups -OCH3 is 1. The van der Waals surface area contributed by atoms with Gasteiger partial charge in [0.05, 0.1) is 12.8 Å². The van der Waals surface area contributed by atoms with Gasteiger partial charge in [0.2, 0.25) is 11.6 Å². The van der Waals surface area contributed by atoms with Crippen molar-refractivity contribution in [3.63, 3.8) is 0 Å². The zero-order chi connectivity index (χ0) is 23.2. The molecule has 1 N–H and O–H groups in total. The lowest BCUT2D eigenvalue weighted by Crippen LogP contribution is -2.18. The molecule has 11 heteroatoms. The molecule has 164 valence electrons. The van der Waals surface area contributed by atoms with Crippen LogP contribution in [0.4, 0.5) is 23.2 Å². The van der Waals surface area contributed by atoms with Crippen LogP contribution in [-0.2, 0) is 0 Å². The molecule has 1 heterocycles. The van der Waals surface area contributed by atoms with E-state index in [0.717, 1.165) is 12.7 Å². The summed E-state index contributed by atoms with van der Waals surface area (Å²) in [4.78, 5) is 13.7. The van der Waals surface area contributed by atoms with Crippen molar-refractivity contribution < 1.29 is 27.1 Å². The van der Waals surface area contributed by atoms with E-state index in [2.05, 4.69) is 20.3 Å².